The summed E-state index contributed by atoms with van der Waals surface area (Å²) in [5.74, 6) is 2.52. The Morgan fingerprint density at radius 3 is 2.38 bits per heavy atom. The lowest BCUT2D eigenvalue weighted by atomic mass is 10.1. The molecular formula is C24H26N6O2. The third-order valence-electron chi connectivity index (χ3n) is 5.94. The predicted molar refractivity (Wildman–Crippen MR) is 124 cm³/mol. The monoisotopic (exact) mass is 430 g/mol. The molecule has 1 amide bonds. The Kier molecular flexibility index (Phi) is 5.13. The Morgan fingerprint density at radius 2 is 1.69 bits per heavy atom. The highest BCUT2D eigenvalue weighted by molar-refractivity contribution is 5.93. The van der Waals surface area contributed by atoms with Crippen LogP contribution in [0, 0.1) is 5.92 Å². The number of carbonyl (C=O) groups is 1. The van der Waals surface area contributed by atoms with Crippen molar-refractivity contribution in [3.63, 3.8) is 0 Å². The second-order valence-corrected chi connectivity index (χ2v) is 8.31. The second-order valence-electron chi connectivity index (χ2n) is 8.31. The number of methoxy groups -OCH3 is 1. The Bertz CT molecular complexity index is 1270. The van der Waals surface area contributed by atoms with Crippen LogP contribution in [-0.2, 0) is 4.79 Å². The summed E-state index contributed by atoms with van der Waals surface area (Å²) < 4.78 is 7.33. The highest BCUT2D eigenvalue weighted by atomic mass is 16.5. The van der Waals surface area contributed by atoms with E-state index in [2.05, 4.69) is 15.1 Å². The van der Waals surface area contributed by atoms with Gasteiger partial charge in [-0.05, 0) is 36.4 Å². The molecule has 5 rings (SSSR count). The third kappa shape index (κ3) is 3.41. The molecule has 1 aliphatic rings. The molecule has 0 unspecified atom stereocenters. The average molecular weight is 431 g/mol. The van der Waals surface area contributed by atoms with Gasteiger partial charge in [0, 0.05) is 43.0 Å². The lowest BCUT2D eigenvalue weighted by Crippen LogP contribution is -2.50. The lowest BCUT2D eigenvalue weighted by molar-refractivity contribution is -0.134. The van der Waals surface area contributed by atoms with E-state index in [9.17, 15) is 4.79 Å². The summed E-state index contributed by atoms with van der Waals surface area (Å²) in [6.45, 7) is 6.65. The molecule has 1 saturated heterocycles. The first-order chi connectivity index (χ1) is 15.6. The van der Waals surface area contributed by atoms with Crippen molar-refractivity contribution in [3.8, 4) is 17.1 Å². The zero-order valence-corrected chi connectivity index (χ0v) is 18.5. The molecule has 0 spiro atoms. The van der Waals surface area contributed by atoms with Crippen LogP contribution < -0.4 is 9.64 Å². The molecule has 2 aromatic carbocycles. The molecule has 1 fully saturated rings. The first-order valence-electron chi connectivity index (χ1n) is 10.9. The van der Waals surface area contributed by atoms with Gasteiger partial charge in [-0.3, -0.25) is 4.79 Å². The smallest absolute Gasteiger partial charge is 0.225 e. The molecule has 0 bridgehead atoms. The van der Waals surface area contributed by atoms with Gasteiger partial charge in [-0.25, -0.2) is 9.38 Å². The van der Waals surface area contributed by atoms with Crippen LogP contribution in [0.3, 0.4) is 0 Å². The molecule has 0 atom stereocenters. The maximum Gasteiger partial charge on any atom is 0.225 e. The number of aromatic nitrogens is 4. The van der Waals surface area contributed by atoms with Crippen molar-refractivity contribution in [2.75, 3.05) is 38.2 Å². The summed E-state index contributed by atoms with van der Waals surface area (Å²) >= 11 is 0. The molecule has 0 aliphatic carbocycles. The topological polar surface area (TPSA) is 75.9 Å². The van der Waals surface area contributed by atoms with Gasteiger partial charge >= 0.3 is 0 Å². The fourth-order valence-corrected chi connectivity index (χ4v) is 4.20. The molecule has 2 aromatic heterocycles. The number of fused-ring (bicyclic) bond motifs is 3. The van der Waals surface area contributed by atoms with Crippen LogP contribution in [0.5, 0.6) is 5.75 Å². The summed E-state index contributed by atoms with van der Waals surface area (Å²) in [4.78, 5) is 21.6. The quantitative estimate of drug-likeness (QED) is 0.495. The molecular weight excluding hydrogens is 404 g/mol. The van der Waals surface area contributed by atoms with Crippen molar-refractivity contribution in [1.82, 2.24) is 24.5 Å². The van der Waals surface area contributed by atoms with E-state index in [-0.39, 0.29) is 11.8 Å². The molecule has 0 N–H and O–H groups in total. The van der Waals surface area contributed by atoms with Gasteiger partial charge in [0.05, 0.1) is 12.6 Å². The number of nitrogens with zero attached hydrogens (tertiary/aromatic N) is 6. The number of amides is 1. The van der Waals surface area contributed by atoms with Crippen molar-refractivity contribution < 1.29 is 9.53 Å². The van der Waals surface area contributed by atoms with Crippen molar-refractivity contribution >= 4 is 28.4 Å². The molecule has 8 nitrogen and oxygen atoms in total. The number of rotatable bonds is 4. The molecule has 164 valence electrons. The first kappa shape index (κ1) is 20.2. The molecule has 8 heteroatoms. The van der Waals surface area contributed by atoms with Crippen LogP contribution in [0.15, 0.2) is 48.5 Å². The van der Waals surface area contributed by atoms with Crippen LogP contribution in [-0.4, -0.2) is 63.7 Å². The minimum atomic E-state index is 0.00609. The Labute approximate surface area is 186 Å². The largest absolute Gasteiger partial charge is 0.497 e. The van der Waals surface area contributed by atoms with Crippen molar-refractivity contribution in [2.45, 2.75) is 13.8 Å². The van der Waals surface area contributed by atoms with Gasteiger partial charge in [0.25, 0.3) is 0 Å². The number of para-hydroxylation sites is 1. The zero-order chi connectivity index (χ0) is 22.2. The number of benzene rings is 2. The summed E-state index contributed by atoms with van der Waals surface area (Å²) in [5, 5.41) is 10.0. The molecule has 3 heterocycles. The van der Waals surface area contributed by atoms with E-state index in [4.69, 9.17) is 9.72 Å². The maximum absolute atomic E-state index is 12.4. The SMILES string of the molecule is COc1ccc(-c2nnc3c4ccccc4nc(N4CCN(C(=O)C(C)C)CC4)n23)cc1. The molecule has 32 heavy (non-hydrogen) atoms. The molecule has 0 radical (unpaired) electrons. The highest BCUT2D eigenvalue weighted by Crippen LogP contribution is 2.29. The standard InChI is InChI=1S/C24H26N6O2/c1-16(2)23(31)28-12-14-29(15-13-28)24-25-20-7-5-4-6-19(20)22-27-26-21(30(22)24)17-8-10-18(32-3)11-9-17/h4-11,16H,12-15H2,1-3H3. The van der Waals surface area contributed by atoms with Gasteiger partial charge in [-0.1, -0.05) is 26.0 Å². The molecule has 4 aromatic rings. The summed E-state index contributed by atoms with van der Waals surface area (Å²) in [6.07, 6.45) is 0. The summed E-state index contributed by atoms with van der Waals surface area (Å²) in [5.41, 5.74) is 2.59. The van der Waals surface area contributed by atoms with E-state index in [1.807, 2.05) is 71.7 Å². The highest BCUT2D eigenvalue weighted by Gasteiger charge is 2.26. The predicted octanol–water partition coefficient (Wildman–Crippen LogP) is 3.26. The van der Waals surface area contributed by atoms with E-state index in [0.717, 1.165) is 39.6 Å². The minimum Gasteiger partial charge on any atom is -0.497 e. The summed E-state index contributed by atoms with van der Waals surface area (Å²) in [7, 11) is 1.65. The lowest BCUT2D eigenvalue weighted by Gasteiger charge is -2.36. The first-order valence-corrected chi connectivity index (χ1v) is 10.9. The van der Waals surface area contributed by atoms with Crippen molar-refractivity contribution in [2.24, 2.45) is 5.92 Å². The summed E-state index contributed by atoms with van der Waals surface area (Å²) in [6, 6.07) is 15.8. The number of ether oxygens (including phenoxy) is 1. The number of hydrogen-bond acceptors (Lipinski definition) is 6. The molecule has 0 saturated carbocycles. The van der Waals surface area contributed by atoms with Gasteiger partial charge < -0.3 is 14.5 Å². The fraction of sp³-hybridized carbons (Fsp3) is 0.333. The van der Waals surface area contributed by atoms with E-state index >= 15 is 0 Å². The number of anilines is 1. The van der Waals surface area contributed by atoms with Gasteiger partial charge in [-0.2, -0.15) is 0 Å². The van der Waals surface area contributed by atoms with E-state index < -0.39 is 0 Å². The number of hydrogen-bond donors (Lipinski definition) is 0. The number of piperazine rings is 1. The Morgan fingerprint density at radius 1 is 0.969 bits per heavy atom. The molecule has 1 aliphatic heterocycles. The van der Waals surface area contributed by atoms with Gasteiger partial charge in [-0.15, -0.1) is 10.2 Å². The average Bonchev–Trinajstić information content (AvgIpc) is 3.29. The van der Waals surface area contributed by atoms with Crippen LogP contribution in [0.2, 0.25) is 0 Å². The minimum absolute atomic E-state index is 0.00609. The van der Waals surface area contributed by atoms with E-state index in [1.165, 1.54) is 0 Å². The third-order valence-corrected chi connectivity index (χ3v) is 5.94. The van der Waals surface area contributed by atoms with Crippen LogP contribution >= 0.6 is 0 Å². The van der Waals surface area contributed by atoms with Crippen LogP contribution in [0.1, 0.15) is 13.8 Å². The maximum atomic E-state index is 12.4. The van der Waals surface area contributed by atoms with E-state index in [0.29, 0.717) is 26.2 Å². The van der Waals surface area contributed by atoms with Crippen LogP contribution in [0.4, 0.5) is 5.95 Å². The van der Waals surface area contributed by atoms with Gasteiger partial charge in [0.1, 0.15) is 5.75 Å². The van der Waals surface area contributed by atoms with Crippen molar-refractivity contribution in [3.05, 3.63) is 48.5 Å². The van der Waals surface area contributed by atoms with Gasteiger partial charge in [0.2, 0.25) is 11.9 Å². The normalized spacial score (nSPS) is 14.5. The Balaban J connectivity index is 1.61. The van der Waals surface area contributed by atoms with E-state index in [1.54, 1.807) is 7.11 Å². The Hall–Kier alpha value is -3.68. The fourth-order valence-electron chi connectivity index (χ4n) is 4.20. The number of carbonyl (C=O) groups excluding carboxylic acids is 1. The van der Waals surface area contributed by atoms with Gasteiger partial charge in [0.15, 0.2) is 11.5 Å². The second kappa shape index (κ2) is 8.11. The van der Waals surface area contributed by atoms with Crippen molar-refractivity contribution in [1.29, 1.82) is 0 Å². The zero-order valence-electron chi connectivity index (χ0n) is 18.5. The van der Waals surface area contributed by atoms with Crippen LogP contribution in [0.25, 0.3) is 27.9 Å².